The number of amides is 1. The molecule has 4 heteroatoms. The van der Waals surface area contributed by atoms with E-state index in [0.29, 0.717) is 5.57 Å². The Bertz CT molecular complexity index is 577. The van der Waals surface area contributed by atoms with Gasteiger partial charge in [0.1, 0.15) is 0 Å². The number of allylic oxidation sites excluding steroid dienone is 1. The summed E-state index contributed by atoms with van der Waals surface area (Å²) >= 11 is 1.48. The molecule has 0 bridgehead atoms. The van der Waals surface area contributed by atoms with E-state index in [1.807, 2.05) is 30.5 Å². The Morgan fingerprint density at radius 2 is 1.89 bits per heavy atom. The number of hydrogen-bond acceptors (Lipinski definition) is 3. The summed E-state index contributed by atoms with van der Waals surface area (Å²) in [5.74, 6) is -0.282. The zero-order chi connectivity index (χ0) is 14.2. The number of hydrogen-bond donors (Lipinski definition) is 0. The van der Waals surface area contributed by atoms with Crippen molar-refractivity contribution in [1.29, 1.82) is 0 Å². The third-order valence-corrected chi connectivity index (χ3v) is 4.55. The number of nitrogens with zero attached hydrogens (tertiary/aromatic N) is 1. The number of fused-ring (bicyclic) bond motifs is 1. The Hall–Kier alpha value is -1.55. The van der Waals surface area contributed by atoms with Crippen LogP contribution in [0.3, 0.4) is 0 Å². The fourth-order valence-corrected chi connectivity index (χ4v) is 3.31. The number of benzene rings is 1. The Kier molecular flexibility index (Phi) is 3.80. The first kappa shape index (κ1) is 13.9. The molecule has 1 amide bonds. The topological polar surface area (TPSA) is 37.4 Å². The summed E-state index contributed by atoms with van der Waals surface area (Å²) in [6, 6.07) is 7.75. The maximum absolute atomic E-state index is 12.5. The molecule has 0 radical (unpaired) electrons. The van der Waals surface area contributed by atoms with Gasteiger partial charge in [0.15, 0.2) is 5.78 Å². The predicted molar refractivity (Wildman–Crippen MR) is 79.5 cm³/mol. The second kappa shape index (κ2) is 5.21. The van der Waals surface area contributed by atoms with E-state index in [1.165, 1.54) is 11.8 Å². The molecule has 1 heterocycles. The van der Waals surface area contributed by atoms with E-state index in [9.17, 15) is 9.59 Å². The van der Waals surface area contributed by atoms with Crippen LogP contribution in [0.2, 0.25) is 0 Å². The van der Waals surface area contributed by atoms with Crippen LogP contribution < -0.4 is 4.90 Å². The van der Waals surface area contributed by atoms with Gasteiger partial charge in [-0.2, -0.15) is 0 Å². The van der Waals surface area contributed by atoms with E-state index in [0.717, 1.165) is 16.2 Å². The maximum atomic E-state index is 12.5. The number of rotatable bonds is 3. The van der Waals surface area contributed by atoms with Crippen LogP contribution in [0.4, 0.5) is 5.69 Å². The van der Waals surface area contributed by atoms with Gasteiger partial charge < -0.3 is 4.90 Å². The van der Waals surface area contributed by atoms with Crippen molar-refractivity contribution in [2.45, 2.75) is 19.8 Å². The van der Waals surface area contributed by atoms with Gasteiger partial charge in [0.05, 0.1) is 5.92 Å². The van der Waals surface area contributed by atoms with Gasteiger partial charge in [-0.25, -0.2) is 0 Å². The lowest BCUT2D eigenvalue weighted by molar-refractivity contribution is -0.118. The lowest BCUT2D eigenvalue weighted by Gasteiger charge is -2.15. The minimum Gasteiger partial charge on any atom is -0.314 e. The maximum Gasteiger partial charge on any atom is 0.239 e. The SMILES string of the molecule is CS/C(=C(/C)C(C)=O)C1C(=O)N(C)c2ccccc21. The molecule has 2 rings (SSSR count). The summed E-state index contributed by atoms with van der Waals surface area (Å²) < 4.78 is 0. The minimum absolute atomic E-state index is 0.0178. The van der Waals surface area contributed by atoms with Crippen molar-refractivity contribution >= 4 is 29.1 Å². The standard InChI is InChI=1S/C15H17NO2S/c1-9(10(2)17)14(19-4)13-11-7-5-6-8-12(11)16(3)15(13)18/h5-8,13H,1-4H3/b14-9-. The van der Waals surface area contributed by atoms with Crippen molar-refractivity contribution in [3.8, 4) is 0 Å². The number of thioether (sulfide) groups is 1. The van der Waals surface area contributed by atoms with E-state index < -0.39 is 0 Å². The molecule has 1 unspecified atom stereocenters. The molecule has 1 aromatic rings. The first-order valence-corrected chi connectivity index (χ1v) is 7.33. The quantitative estimate of drug-likeness (QED) is 0.796. The van der Waals surface area contributed by atoms with Crippen molar-refractivity contribution in [3.63, 3.8) is 0 Å². The smallest absolute Gasteiger partial charge is 0.239 e. The second-order valence-corrected chi connectivity index (χ2v) is 5.49. The zero-order valence-corrected chi connectivity index (χ0v) is 12.4. The van der Waals surface area contributed by atoms with Crippen LogP contribution in [0.1, 0.15) is 25.3 Å². The fraction of sp³-hybridized carbons (Fsp3) is 0.333. The van der Waals surface area contributed by atoms with E-state index >= 15 is 0 Å². The van der Waals surface area contributed by atoms with E-state index in [1.54, 1.807) is 25.8 Å². The number of ketones is 1. The van der Waals surface area contributed by atoms with Crippen LogP contribution >= 0.6 is 11.8 Å². The monoisotopic (exact) mass is 275 g/mol. The van der Waals surface area contributed by atoms with Gasteiger partial charge in [0.25, 0.3) is 0 Å². The van der Waals surface area contributed by atoms with Crippen molar-refractivity contribution in [1.82, 2.24) is 0 Å². The lowest BCUT2D eigenvalue weighted by atomic mass is 9.97. The molecule has 0 spiro atoms. The summed E-state index contributed by atoms with van der Waals surface area (Å²) in [6.45, 7) is 3.34. The van der Waals surface area contributed by atoms with Crippen LogP contribution in [0.5, 0.6) is 0 Å². The number of carbonyl (C=O) groups excluding carboxylic acids is 2. The van der Waals surface area contributed by atoms with Gasteiger partial charge >= 0.3 is 0 Å². The fourth-order valence-electron chi connectivity index (χ4n) is 2.40. The molecular weight excluding hydrogens is 258 g/mol. The highest BCUT2D eigenvalue weighted by Gasteiger charge is 2.38. The molecule has 1 aromatic carbocycles. The zero-order valence-electron chi connectivity index (χ0n) is 11.6. The molecule has 1 aliphatic rings. The Balaban J connectivity index is 2.60. The summed E-state index contributed by atoms with van der Waals surface area (Å²) in [5.41, 5.74) is 2.59. The molecule has 0 aliphatic carbocycles. The van der Waals surface area contributed by atoms with Crippen LogP contribution in [0, 0.1) is 0 Å². The van der Waals surface area contributed by atoms with Gasteiger partial charge in [-0.1, -0.05) is 18.2 Å². The minimum atomic E-state index is -0.333. The van der Waals surface area contributed by atoms with Gasteiger partial charge in [-0.3, -0.25) is 9.59 Å². The molecule has 1 atom stereocenters. The van der Waals surface area contributed by atoms with Crippen molar-refractivity contribution in [2.75, 3.05) is 18.2 Å². The Morgan fingerprint density at radius 3 is 2.47 bits per heavy atom. The number of anilines is 1. The van der Waals surface area contributed by atoms with Crippen LogP contribution in [-0.4, -0.2) is 25.0 Å². The molecule has 1 aliphatic heterocycles. The summed E-state index contributed by atoms with van der Waals surface area (Å²) in [7, 11) is 1.78. The first-order chi connectivity index (χ1) is 8.99. The summed E-state index contributed by atoms with van der Waals surface area (Å²) in [4.78, 5) is 26.6. The van der Waals surface area contributed by atoms with Crippen molar-refractivity contribution in [3.05, 3.63) is 40.3 Å². The van der Waals surface area contributed by atoms with E-state index in [-0.39, 0.29) is 17.6 Å². The highest BCUT2D eigenvalue weighted by molar-refractivity contribution is 8.02. The Morgan fingerprint density at radius 1 is 1.26 bits per heavy atom. The van der Waals surface area contributed by atoms with Gasteiger partial charge in [0.2, 0.25) is 5.91 Å². The van der Waals surface area contributed by atoms with Gasteiger partial charge in [-0.15, -0.1) is 11.8 Å². The molecule has 0 fully saturated rings. The summed E-state index contributed by atoms with van der Waals surface area (Å²) in [6.07, 6.45) is 1.91. The van der Waals surface area contributed by atoms with Gasteiger partial charge in [0, 0.05) is 23.2 Å². The Labute approximate surface area is 117 Å². The third-order valence-electron chi connectivity index (χ3n) is 3.57. The molecule has 19 heavy (non-hydrogen) atoms. The number of carbonyl (C=O) groups is 2. The van der Waals surface area contributed by atoms with Gasteiger partial charge in [-0.05, 0) is 31.7 Å². The van der Waals surface area contributed by atoms with Crippen LogP contribution in [0.15, 0.2) is 34.7 Å². The molecule has 0 N–H and O–H groups in total. The molecule has 3 nitrogen and oxygen atoms in total. The number of likely N-dealkylation sites (N-methyl/N-ethyl adjacent to an activating group) is 1. The second-order valence-electron chi connectivity index (χ2n) is 4.64. The lowest BCUT2D eigenvalue weighted by Crippen LogP contribution is -2.25. The highest BCUT2D eigenvalue weighted by atomic mass is 32.2. The van der Waals surface area contributed by atoms with Crippen molar-refractivity contribution < 1.29 is 9.59 Å². The molecular formula is C15H17NO2S. The van der Waals surface area contributed by atoms with Crippen molar-refractivity contribution in [2.24, 2.45) is 0 Å². The molecule has 0 saturated carbocycles. The van der Waals surface area contributed by atoms with E-state index in [2.05, 4.69) is 0 Å². The highest BCUT2D eigenvalue weighted by Crippen LogP contribution is 2.44. The number of Topliss-reactive ketones (excluding diaryl/α,β-unsaturated/α-hetero) is 1. The molecule has 100 valence electrons. The number of para-hydroxylation sites is 1. The predicted octanol–water partition coefficient (Wildman–Crippen LogP) is 2.97. The van der Waals surface area contributed by atoms with Crippen LogP contribution in [-0.2, 0) is 9.59 Å². The van der Waals surface area contributed by atoms with Crippen LogP contribution in [0.25, 0.3) is 0 Å². The first-order valence-electron chi connectivity index (χ1n) is 6.11. The normalized spacial score (nSPS) is 19.3. The molecule has 0 aromatic heterocycles. The molecule has 0 saturated heterocycles. The third kappa shape index (κ3) is 2.21. The average Bonchev–Trinajstić information content (AvgIpc) is 2.65. The largest absolute Gasteiger partial charge is 0.314 e. The average molecular weight is 275 g/mol. The summed E-state index contributed by atoms with van der Waals surface area (Å²) in [5, 5.41) is 0. The van der Waals surface area contributed by atoms with E-state index in [4.69, 9.17) is 0 Å².